The maximum Gasteiger partial charge on any atom is 0.266 e. The summed E-state index contributed by atoms with van der Waals surface area (Å²) in [5.74, 6) is -0.745. The second-order valence-corrected chi connectivity index (χ2v) is 4.57. The fourth-order valence-corrected chi connectivity index (χ4v) is 1.88. The lowest BCUT2D eigenvalue weighted by Gasteiger charge is -2.09. The Kier molecular flexibility index (Phi) is 4.85. The minimum absolute atomic E-state index is 0.152. The standard InChI is InChI=1S/C17H14N2O4/c1-23-16-5-3-2-4-13(16)19-17(22)12(10-18)8-11-6-7-14(20)15(21)9-11/h2-9,20-21H,1H3,(H,19,22)/b12-8+. The first-order valence-corrected chi connectivity index (χ1v) is 6.63. The van der Waals surface area contributed by atoms with Gasteiger partial charge in [-0.25, -0.2) is 0 Å². The third kappa shape index (κ3) is 3.80. The molecule has 0 atom stereocenters. The third-order valence-electron chi connectivity index (χ3n) is 3.03. The maximum absolute atomic E-state index is 12.2. The van der Waals surface area contributed by atoms with Crippen LogP contribution in [0.1, 0.15) is 5.56 Å². The number of anilines is 1. The van der Waals surface area contributed by atoms with Gasteiger partial charge < -0.3 is 20.3 Å². The van der Waals surface area contributed by atoms with E-state index >= 15 is 0 Å². The number of methoxy groups -OCH3 is 1. The minimum Gasteiger partial charge on any atom is -0.504 e. The van der Waals surface area contributed by atoms with E-state index in [-0.39, 0.29) is 17.1 Å². The number of phenols is 2. The lowest BCUT2D eigenvalue weighted by molar-refractivity contribution is -0.112. The molecule has 0 radical (unpaired) electrons. The number of rotatable bonds is 4. The van der Waals surface area contributed by atoms with Crippen LogP contribution in [0.3, 0.4) is 0 Å². The monoisotopic (exact) mass is 310 g/mol. The summed E-state index contributed by atoms with van der Waals surface area (Å²) < 4.78 is 5.13. The normalized spacial score (nSPS) is 10.7. The van der Waals surface area contributed by atoms with Crippen LogP contribution in [0, 0.1) is 11.3 Å². The SMILES string of the molecule is COc1ccccc1NC(=O)/C(C#N)=C/c1ccc(O)c(O)c1. The summed E-state index contributed by atoms with van der Waals surface area (Å²) in [4.78, 5) is 12.2. The number of carbonyl (C=O) groups is 1. The molecule has 0 aliphatic rings. The molecule has 0 aromatic heterocycles. The molecule has 23 heavy (non-hydrogen) atoms. The number of amides is 1. The first-order valence-electron chi connectivity index (χ1n) is 6.63. The molecular formula is C17H14N2O4. The number of nitriles is 1. The fourth-order valence-electron chi connectivity index (χ4n) is 1.88. The first kappa shape index (κ1) is 15.9. The molecule has 2 rings (SSSR count). The van der Waals surface area contributed by atoms with Gasteiger partial charge in [-0.1, -0.05) is 18.2 Å². The molecule has 0 heterocycles. The summed E-state index contributed by atoms with van der Waals surface area (Å²) in [6, 6.07) is 12.6. The van der Waals surface area contributed by atoms with Crippen LogP contribution < -0.4 is 10.1 Å². The van der Waals surface area contributed by atoms with E-state index < -0.39 is 5.91 Å². The number of nitrogens with one attached hydrogen (secondary N) is 1. The summed E-state index contributed by atoms with van der Waals surface area (Å²) in [6.07, 6.45) is 1.31. The lowest BCUT2D eigenvalue weighted by Crippen LogP contribution is -2.14. The molecule has 6 heteroatoms. The highest BCUT2D eigenvalue weighted by Crippen LogP contribution is 2.27. The third-order valence-corrected chi connectivity index (χ3v) is 3.03. The van der Waals surface area contributed by atoms with Crippen LogP contribution in [0.4, 0.5) is 5.69 Å². The second-order valence-electron chi connectivity index (χ2n) is 4.57. The van der Waals surface area contributed by atoms with E-state index in [4.69, 9.17) is 10.00 Å². The summed E-state index contributed by atoms with van der Waals surface area (Å²) >= 11 is 0. The second kappa shape index (κ2) is 7.00. The van der Waals surface area contributed by atoms with Crippen molar-refractivity contribution in [3.05, 3.63) is 53.6 Å². The Balaban J connectivity index is 2.26. The Morgan fingerprint density at radius 1 is 1.22 bits per heavy atom. The van der Waals surface area contributed by atoms with Gasteiger partial charge in [0.15, 0.2) is 11.5 Å². The molecule has 0 aliphatic heterocycles. The molecule has 2 aromatic carbocycles. The average Bonchev–Trinajstić information content (AvgIpc) is 2.56. The lowest BCUT2D eigenvalue weighted by atomic mass is 10.1. The zero-order chi connectivity index (χ0) is 16.8. The zero-order valence-corrected chi connectivity index (χ0v) is 12.3. The summed E-state index contributed by atoms with van der Waals surface area (Å²) in [6.45, 7) is 0. The quantitative estimate of drug-likeness (QED) is 0.457. The van der Waals surface area contributed by atoms with Gasteiger partial charge in [-0.05, 0) is 35.9 Å². The maximum atomic E-state index is 12.2. The van der Waals surface area contributed by atoms with Gasteiger partial charge in [-0.3, -0.25) is 4.79 Å². The fraction of sp³-hybridized carbons (Fsp3) is 0.0588. The predicted octanol–water partition coefficient (Wildman–Crippen LogP) is 2.65. The number of carbonyl (C=O) groups excluding carboxylic acids is 1. The van der Waals surface area contributed by atoms with E-state index in [0.717, 1.165) is 0 Å². The van der Waals surface area contributed by atoms with Crippen LogP contribution in [0.2, 0.25) is 0 Å². The number of aromatic hydroxyl groups is 2. The van der Waals surface area contributed by atoms with Gasteiger partial charge in [0.25, 0.3) is 5.91 Å². The van der Waals surface area contributed by atoms with Crippen molar-refractivity contribution in [2.75, 3.05) is 12.4 Å². The number of ether oxygens (including phenoxy) is 1. The number of hydrogen-bond acceptors (Lipinski definition) is 5. The summed E-state index contributed by atoms with van der Waals surface area (Å²) in [5, 5.41) is 30.5. The summed E-state index contributed by atoms with van der Waals surface area (Å²) in [7, 11) is 1.48. The van der Waals surface area contributed by atoms with Gasteiger partial charge in [-0.15, -0.1) is 0 Å². The molecule has 0 spiro atoms. The van der Waals surface area contributed by atoms with E-state index in [9.17, 15) is 15.0 Å². The minimum atomic E-state index is -0.607. The number of nitrogens with zero attached hydrogens (tertiary/aromatic N) is 1. The van der Waals surface area contributed by atoms with E-state index in [1.807, 2.05) is 0 Å². The van der Waals surface area contributed by atoms with Crippen molar-refractivity contribution in [1.82, 2.24) is 0 Å². The smallest absolute Gasteiger partial charge is 0.266 e. The van der Waals surface area contributed by atoms with Crippen LogP contribution in [-0.2, 0) is 4.79 Å². The van der Waals surface area contributed by atoms with Crippen molar-refractivity contribution in [3.63, 3.8) is 0 Å². The predicted molar refractivity (Wildman–Crippen MR) is 85.0 cm³/mol. The molecule has 1 amide bonds. The molecule has 2 aromatic rings. The van der Waals surface area contributed by atoms with Crippen LogP contribution in [-0.4, -0.2) is 23.2 Å². The Hall–Kier alpha value is -3.46. The number of phenolic OH excluding ortho intramolecular Hbond substituents is 2. The van der Waals surface area contributed by atoms with E-state index in [1.165, 1.54) is 31.4 Å². The van der Waals surface area contributed by atoms with Crippen molar-refractivity contribution in [3.8, 4) is 23.3 Å². The van der Waals surface area contributed by atoms with E-state index in [1.54, 1.807) is 30.3 Å². The van der Waals surface area contributed by atoms with Crippen molar-refractivity contribution in [2.24, 2.45) is 0 Å². The number of para-hydroxylation sites is 2. The molecular weight excluding hydrogens is 296 g/mol. The van der Waals surface area contributed by atoms with Crippen LogP contribution in [0.25, 0.3) is 6.08 Å². The molecule has 6 nitrogen and oxygen atoms in total. The average molecular weight is 310 g/mol. The molecule has 116 valence electrons. The van der Waals surface area contributed by atoms with Gasteiger partial charge in [0, 0.05) is 0 Å². The molecule has 0 saturated carbocycles. The van der Waals surface area contributed by atoms with E-state index in [0.29, 0.717) is 17.0 Å². The largest absolute Gasteiger partial charge is 0.504 e. The topological polar surface area (TPSA) is 103 Å². The van der Waals surface area contributed by atoms with Gasteiger partial charge in [0.05, 0.1) is 12.8 Å². The molecule has 0 saturated heterocycles. The van der Waals surface area contributed by atoms with Crippen molar-refractivity contribution < 1.29 is 19.7 Å². The van der Waals surface area contributed by atoms with Gasteiger partial charge >= 0.3 is 0 Å². The van der Waals surface area contributed by atoms with Gasteiger partial charge in [-0.2, -0.15) is 5.26 Å². The molecule has 0 unspecified atom stereocenters. The van der Waals surface area contributed by atoms with Crippen molar-refractivity contribution in [1.29, 1.82) is 5.26 Å². The van der Waals surface area contributed by atoms with Crippen LogP contribution in [0.5, 0.6) is 17.2 Å². The van der Waals surface area contributed by atoms with Crippen molar-refractivity contribution >= 4 is 17.7 Å². The Morgan fingerprint density at radius 2 is 1.96 bits per heavy atom. The number of benzene rings is 2. The van der Waals surface area contributed by atoms with Crippen LogP contribution in [0.15, 0.2) is 48.0 Å². The van der Waals surface area contributed by atoms with Gasteiger partial charge in [0.1, 0.15) is 17.4 Å². The van der Waals surface area contributed by atoms with E-state index in [2.05, 4.69) is 5.32 Å². The van der Waals surface area contributed by atoms with Crippen molar-refractivity contribution in [2.45, 2.75) is 0 Å². The molecule has 3 N–H and O–H groups in total. The Morgan fingerprint density at radius 3 is 2.61 bits per heavy atom. The molecule has 0 bridgehead atoms. The Labute approximate surface area is 132 Å². The number of hydrogen-bond donors (Lipinski definition) is 3. The summed E-state index contributed by atoms with van der Waals surface area (Å²) in [5.41, 5.74) is 0.697. The van der Waals surface area contributed by atoms with Gasteiger partial charge in [0.2, 0.25) is 0 Å². The zero-order valence-electron chi connectivity index (χ0n) is 12.3. The highest BCUT2D eigenvalue weighted by atomic mass is 16.5. The molecule has 0 aliphatic carbocycles. The molecule has 0 fully saturated rings. The Bertz CT molecular complexity index is 806. The highest BCUT2D eigenvalue weighted by Gasteiger charge is 2.12. The first-order chi connectivity index (χ1) is 11.0. The van der Waals surface area contributed by atoms with Crippen LogP contribution >= 0.6 is 0 Å². The highest BCUT2D eigenvalue weighted by molar-refractivity contribution is 6.10.